The Morgan fingerprint density at radius 3 is 2.75 bits per heavy atom. The summed E-state index contributed by atoms with van der Waals surface area (Å²) in [5.41, 5.74) is 0. The van der Waals surface area contributed by atoms with E-state index >= 15 is 0 Å². The van der Waals surface area contributed by atoms with Crippen LogP contribution < -0.4 is 10.0 Å². The van der Waals surface area contributed by atoms with Crippen molar-refractivity contribution >= 4 is 15.8 Å². The van der Waals surface area contributed by atoms with E-state index in [0.717, 1.165) is 13.0 Å². The first-order valence-corrected chi connectivity index (χ1v) is 8.25. The number of sulfonamides is 1. The van der Waals surface area contributed by atoms with Crippen LogP contribution in [0.25, 0.3) is 0 Å². The summed E-state index contributed by atoms with van der Waals surface area (Å²) in [4.78, 5) is 4.29. The highest BCUT2D eigenvalue weighted by atomic mass is 32.2. The molecule has 0 saturated heterocycles. The summed E-state index contributed by atoms with van der Waals surface area (Å²) in [6, 6.07) is 3.00. The molecule has 0 aromatic carbocycles. The molecule has 0 fully saturated rings. The van der Waals surface area contributed by atoms with Crippen LogP contribution in [0.2, 0.25) is 0 Å². The Hall–Kier alpha value is -1.18. The van der Waals surface area contributed by atoms with Crippen molar-refractivity contribution in [2.75, 3.05) is 25.0 Å². The number of aromatic nitrogens is 1. The van der Waals surface area contributed by atoms with Crippen molar-refractivity contribution in [3.8, 4) is 0 Å². The van der Waals surface area contributed by atoms with Gasteiger partial charge in [0.05, 0.1) is 17.6 Å². The summed E-state index contributed by atoms with van der Waals surface area (Å²) in [7, 11) is -3.52. The molecule has 0 spiro atoms. The highest BCUT2D eigenvalue weighted by Crippen LogP contribution is 2.12. The topological polar surface area (TPSA) is 80.3 Å². The third kappa shape index (κ3) is 5.85. The average molecular weight is 301 g/mol. The largest absolute Gasteiger partial charge is 0.377 e. The van der Waals surface area contributed by atoms with E-state index in [9.17, 15) is 8.42 Å². The van der Waals surface area contributed by atoms with Crippen LogP contribution in [0.5, 0.6) is 0 Å². The van der Waals surface area contributed by atoms with Gasteiger partial charge in [0.15, 0.2) is 0 Å². The van der Waals surface area contributed by atoms with Crippen LogP contribution in [0, 0.1) is 0 Å². The van der Waals surface area contributed by atoms with Gasteiger partial charge in [0.2, 0.25) is 10.0 Å². The number of nitrogens with zero attached hydrogens (tertiary/aromatic N) is 1. The van der Waals surface area contributed by atoms with Gasteiger partial charge in [-0.15, -0.1) is 0 Å². The van der Waals surface area contributed by atoms with E-state index in [2.05, 4.69) is 15.0 Å². The number of anilines is 1. The minimum Gasteiger partial charge on any atom is -0.377 e. The molecule has 1 aromatic heterocycles. The molecule has 0 aliphatic heterocycles. The molecule has 2 N–H and O–H groups in total. The van der Waals surface area contributed by atoms with Gasteiger partial charge in [0.1, 0.15) is 5.82 Å². The van der Waals surface area contributed by atoms with Crippen LogP contribution in [-0.4, -0.2) is 39.2 Å². The molecule has 0 unspecified atom stereocenters. The second-order valence-electron chi connectivity index (χ2n) is 4.62. The standard InChI is InChI=1S/C13H23N3O3S/c1-4-6-14-13-10-12(5-7-15-13)20(17,18)16-8-9-19-11(2)3/h5,7,10-11,16H,4,6,8-9H2,1-3H3,(H,14,15). The zero-order chi connectivity index (χ0) is 15.0. The summed E-state index contributed by atoms with van der Waals surface area (Å²) in [5.74, 6) is 0.563. The lowest BCUT2D eigenvalue weighted by Crippen LogP contribution is -2.28. The lowest BCUT2D eigenvalue weighted by Gasteiger charge is -2.10. The van der Waals surface area contributed by atoms with Gasteiger partial charge in [-0.05, 0) is 26.3 Å². The SMILES string of the molecule is CCCNc1cc(S(=O)(=O)NCCOC(C)C)ccn1. The molecule has 0 radical (unpaired) electrons. The van der Waals surface area contributed by atoms with Crippen LogP contribution in [-0.2, 0) is 14.8 Å². The van der Waals surface area contributed by atoms with E-state index < -0.39 is 10.0 Å². The van der Waals surface area contributed by atoms with Crippen molar-refractivity contribution in [1.29, 1.82) is 0 Å². The number of ether oxygens (including phenoxy) is 1. The van der Waals surface area contributed by atoms with Gasteiger partial charge in [-0.3, -0.25) is 0 Å². The molecule has 1 heterocycles. The molecule has 0 aliphatic carbocycles. The van der Waals surface area contributed by atoms with E-state index in [1.54, 1.807) is 0 Å². The molecule has 0 aliphatic rings. The van der Waals surface area contributed by atoms with Crippen LogP contribution >= 0.6 is 0 Å². The zero-order valence-electron chi connectivity index (χ0n) is 12.2. The number of rotatable bonds is 9. The molecule has 114 valence electrons. The van der Waals surface area contributed by atoms with Crippen LogP contribution in [0.4, 0.5) is 5.82 Å². The Kier molecular flexibility index (Phi) is 6.90. The van der Waals surface area contributed by atoms with Crippen LogP contribution in [0.3, 0.4) is 0 Å². The highest BCUT2D eigenvalue weighted by Gasteiger charge is 2.14. The van der Waals surface area contributed by atoms with Crippen LogP contribution in [0.1, 0.15) is 27.2 Å². The molecule has 0 atom stereocenters. The van der Waals surface area contributed by atoms with Gasteiger partial charge in [0.25, 0.3) is 0 Å². The van der Waals surface area contributed by atoms with Gasteiger partial charge in [-0.1, -0.05) is 6.92 Å². The minimum absolute atomic E-state index is 0.0882. The van der Waals surface area contributed by atoms with Crippen molar-refractivity contribution < 1.29 is 13.2 Å². The molecule has 0 saturated carbocycles. The first-order chi connectivity index (χ1) is 9.45. The fourth-order valence-electron chi connectivity index (χ4n) is 1.48. The predicted molar refractivity (Wildman–Crippen MR) is 79.3 cm³/mol. The van der Waals surface area contributed by atoms with Gasteiger partial charge < -0.3 is 10.1 Å². The zero-order valence-corrected chi connectivity index (χ0v) is 13.0. The predicted octanol–water partition coefficient (Wildman–Crippen LogP) is 1.61. The minimum atomic E-state index is -3.52. The fourth-order valence-corrected chi connectivity index (χ4v) is 2.51. The monoisotopic (exact) mass is 301 g/mol. The molecule has 1 aromatic rings. The highest BCUT2D eigenvalue weighted by molar-refractivity contribution is 7.89. The van der Waals surface area contributed by atoms with Crippen molar-refractivity contribution in [2.45, 2.75) is 38.2 Å². The van der Waals surface area contributed by atoms with E-state index in [1.165, 1.54) is 18.3 Å². The average Bonchev–Trinajstić information content (AvgIpc) is 2.41. The summed E-state index contributed by atoms with van der Waals surface area (Å²) in [6.07, 6.45) is 2.52. The molecule has 20 heavy (non-hydrogen) atoms. The van der Waals surface area contributed by atoms with Crippen molar-refractivity contribution in [1.82, 2.24) is 9.71 Å². The number of hydrogen-bond acceptors (Lipinski definition) is 5. The number of pyridine rings is 1. The van der Waals surface area contributed by atoms with E-state index in [0.29, 0.717) is 12.4 Å². The molecular formula is C13H23N3O3S. The number of nitrogens with one attached hydrogen (secondary N) is 2. The summed E-state index contributed by atoms with van der Waals surface area (Å²) >= 11 is 0. The van der Waals surface area contributed by atoms with Crippen molar-refractivity contribution in [3.05, 3.63) is 18.3 Å². The first-order valence-electron chi connectivity index (χ1n) is 6.77. The Balaban J connectivity index is 2.62. The third-order valence-corrected chi connectivity index (χ3v) is 3.90. The molecule has 0 bridgehead atoms. The van der Waals surface area contributed by atoms with Crippen molar-refractivity contribution in [3.63, 3.8) is 0 Å². The molecule has 7 heteroatoms. The molecule has 6 nitrogen and oxygen atoms in total. The Morgan fingerprint density at radius 2 is 2.10 bits per heavy atom. The smallest absolute Gasteiger partial charge is 0.240 e. The summed E-state index contributed by atoms with van der Waals surface area (Å²) in [5, 5.41) is 3.06. The van der Waals surface area contributed by atoms with E-state index in [4.69, 9.17) is 4.74 Å². The first kappa shape index (κ1) is 16.9. The maximum absolute atomic E-state index is 12.1. The van der Waals surface area contributed by atoms with E-state index in [1.807, 2.05) is 20.8 Å². The van der Waals surface area contributed by atoms with Gasteiger partial charge in [0, 0.05) is 25.4 Å². The normalized spacial score (nSPS) is 11.8. The molecule has 1 rings (SSSR count). The lowest BCUT2D eigenvalue weighted by molar-refractivity contribution is 0.0834. The summed E-state index contributed by atoms with van der Waals surface area (Å²) < 4.78 is 32.0. The van der Waals surface area contributed by atoms with Gasteiger partial charge in [-0.2, -0.15) is 0 Å². The molecular weight excluding hydrogens is 278 g/mol. The number of hydrogen-bond donors (Lipinski definition) is 2. The maximum Gasteiger partial charge on any atom is 0.240 e. The Labute approximate surface area is 121 Å². The Bertz CT molecular complexity index is 503. The second kappa shape index (κ2) is 8.18. The fraction of sp³-hybridized carbons (Fsp3) is 0.615. The lowest BCUT2D eigenvalue weighted by atomic mass is 10.4. The second-order valence-corrected chi connectivity index (χ2v) is 6.39. The van der Waals surface area contributed by atoms with E-state index in [-0.39, 0.29) is 17.5 Å². The quantitative estimate of drug-likeness (QED) is 0.677. The Morgan fingerprint density at radius 1 is 1.35 bits per heavy atom. The van der Waals surface area contributed by atoms with Crippen LogP contribution in [0.15, 0.2) is 23.2 Å². The maximum atomic E-state index is 12.1. The van der Waals surface area contributed by atoms with Crippen molar-refractivity contribution in [2.24, 2.45) is 0 Å². The molecule has 0 amide bonds. The van der Waals surface area contributed by atoms with Gasteiger partial charge >= 0.3 is 0 Å². The summed E-state index contributed by atoms with van der Waals surface area (Å²) in [6.45, 7) is 7.20. The van der Waals surface area contributed by atoms with Gasteiger partial charge in [-0.25, -0.2) is 18.1 Å². The third-order valence-electron chi connectivity index (χ3n) is 2.44.